The van der Waals surface area contributed by atoms with Crippen molar-refractivity contribution in [3.8, 4) is 6.07 Å². The van der Waals surface area contributed by atoms with Crippen LogP contribution in [0.2, 0.25) is 0 Å². The number of hydrogen-bond donors (Lipinski definition) is 0. The SMILES string of the molecule is Cn1c([C@@H](C#N)C(=O)c2ccccc2I)nc2ccccc21. The molecule has 0 N–H and O–H groups in total. The number of hydrogen-bond acceptors (Lipinski definition) is 3. The Morgan fingerprint density at radius 1 is 1.23 bits per heavy atom. The van der Waals surface area contributed by atoms with Crippen LogP contribution in [0.15, 0.2) is 48.5 Å². The van der Waals surface area contributed by atoms with Crippen LogP contribution in [0.25, 0.3) is 11.0 Å². The average Bonchev–Trinajstić information content (AvgIpc) is 2.86. The molecule has 1 atom stereocenters. The van der Waals surface area contributed by atoms with Gasteiger partial charge in [-0.1, -0.05) is 30.3 Å². The third kappa shape index (κ3) is 2.40. The number of Topliss-reactive ketones (excluding diaryl/α,β-unsaturated/α-hetero) is 1. The highest BCUT2D eigenvalue weighted by atomic mass is 127. The van der Waals surface area contributed by atoms with Crippen molar-refractivity contribution in [2.45, 2.75) is 5.92 Å². The van der Waals surface area contributed by atoms with Gasteiger partial charge in [0, 0.05) is 16.2 Å². The van der Waals surface area contributed by atoms with Crippen molar-refractivity contribution in [2.75, 3.05) is 0 Å². The maximum absolute atomic E-state index is 12.7. The number of para-hydroxylation sites is 2. The molecule has 5 heteroatoms. The molecule has 3 rings (SSSR count). The molecule has 0 saturated carbocycles. The summed E-state index contributed by atoms with van der Waals surface area (Å²) in [4.78, 5) is 17.2. The first-order valence-corrected chi connectivity index (χ1v) is 7.81. The number of carbonyl (C=O) groups is 1. The number of aryl methyl sites for hydroxylation is 1. The summed E-state index contributed by atoms with van der Waals surface area (Å²) < 4.78 is 2.65. The molecule has 0 saturated heterocycles. The van der Waals surface area contributed by atoms with Gasteiger partial charge in [-0.15, -0.1) is 0 Å². The predicted molar refractivity (Wildman–Crippen MR) is 92.6 cm³/mol. The molecule has 4 nitrogen and oxygen atoms in total. The minimum Gasteiger partial charge on any atom is -0.330 e. The Balaban J connectivity index is 2.11. The van der Waals surface area contributed by atoms with Gasteiger partial charge in [-0.3, -0.25) is 4.79 Å². The van der Waals surface area contributed by atoms with Crippen LogP contribution >= 0.6 is 22.6 Å². The average molecular weight is 401 g/mol. The first kappa shape index (κ1) is 14.7. The van der Waals surface area contributed by atoms with E-state index in [0.29, 0.717) is 11.4 Å². The quantitative estimate of drug-likeness (QED) is 0.497. The zero-order valence-corrected chi connectivity index (χ0v) is 14.0. The van der Waals surface area contributed by atoms with E-state index in [2.05, 4.69) is 33.6 Å². The number of rotatable bonds is 3. The third-order valence-electron chi connectivity index (χ3n) is 3.61. The molecular formula is C17H12IN3O. The Labute approximate surface area is 141 Å². The number of ketones is 1. The second kappa shape index (κ2) is 5.89. The lowest BCUT2D eigenvalue weighted by Crippen LogP contribution is -2.16. The maximum Gasteiger partial charge on any atom is 0.188 e. The van der Waals surface area contributed by atoms with Crippen molar-refractivity contribution in [1.82, 2.24) is 9.55 Å². The van der Waals surface area contributed by atoms with Gasteiger partial charge < -0.3 is 4.57 Å². The summed E-state index contributed by atoms with van der Waals surface area (Å²) in [5.41, 5.74) is 2.26. The van der Waals surface area contributed by atoms with Crippen molar-refractivity contribution in [3.63, 3.8) is 0 Å². The maximum atomic E-state index is 12.7. The summed E-state index contributed by atoms with van der Waals surface area (Å²) in [7, 11) is 1.83. The number of imidazole rings is 1. The number of carbonyl (C=O) groups excluding carboxylic acids is 1. The molecule has 0 unspecified atom stereocenters. The van der Waals surface area contributed by atoms with Gasteiger partial charge in [0.25, 0.3) is 0 Å². The fraction of sp³-hybridized carbons (Fsp3) is 0.118. The number of aromatic nitrogens is 2. The molecule has 0 aliphatic heterocycles. The molecule has 1 aromatic heterocycles. The third-order valence-corrected chi connectivity index (χ3v) is 4.55. The zero-order valence-electron chi connectivity index (χ0n) is 11.8. The van der Waals surface area contributed by atoms with Gasteiger partial charge >= 0.3 is 0 Å². The van der Waals surface area contributed by atoms with Gasteiger partial charge in [0.1, 0.15) is 5.82 Å². The number of nitrogens with zero attached hydrogens (tertiary/aromatic N) is 3. The van der Waals surface area contributed by atoms with E-state index in [1.54, 1.807) is 12.1 Å². The van der Waals surface area contributed by atoms with E-state index in [4.69, 9.17) is 0 Å². The lowest BCUT2D eigenvalue weighted by atomic mass is 9.98. The van der Waals surface area contributed by atoms with E-state index in [9.17, 15) is 10.1 Å². The minimum atomic E-state index is -0.909. The Morgan fingerprint density at radius 3 is 2.59 bits per heavy atom. The zero-order chi connectivity index (χ0) is 15.7. The summed E-state index contributed by atoms with van der Waals surface area (Å²) >= 11 is 2.11. The van der Waals surface area contributed by atoms with Crippen molar-refractivity contribution < 1.29 is 4.79 Å². The molecule has 0 fully saturated rings. The van der Waals surface area contributed by atoms with Crippen molar-refractivity contribution in [1.29, 1.82) is 5.26 Å². The smallest absolute Gasteiger partial charge is 0.188 e. The molecule has 0 aliphatic rings. The Kier molecular flexibility index (Phi) is 3.94. The van der Waals surface area contributed by atoms with Gasteiger partial charge in [-0.25, -0.2) is 4.98 Å². The van der Waals surface area contributed by atoms with Gasteiger partial charge in [-0.2, -0.15) is 5.26 Å². The molecule has 0 amide bonds. The molecule has 0 bridgehead atoms. The highest BCUT2D eigenvalue weighted by molar-refractivity contribution is 14.1. The van der Waals surface area contributed by atoms with Crippen LogP contribution in [-0.4, -0.2) is 15.3 Å². The second-order valence-electron chi connectivity index (χ2n) is 4.92. The van der Waals surface area contributed by atoms with Crippen molar-refractivity contribution in [2.24, 2.45) is 7.05 Å². The monoisotopic (exact) mass is 401 g/mol. The fourth-order valence-electron chi connectivity index (χ4n) is 2.47. The topological polar surface area (TPSA) is 58.7 Å². The summed E-state index contributed by atoms with van der Waals surface area (Å²) in [6.45, 7) is 0. The number of fused-ring (bicyclic) bond motifs is 1. The Bertz CT molecular complexity index is 908. The molecule has 3 aromatic rings. The minimum absolute atomic E-state index is 0.217. The standard InChI is InChI=1S/C17H12IN3O/c1-21-15-9-5-4-8-14(15)20-17(21)12(10-19)16(22)11-6-2-3-7-13(11)18/h2-9,12H,1H3/t12-/m0/s1. The Hall–Kier alpha value is -2.20. The van der Waals surface area contributed by atoms with Crippen LogP contribution in [0, 0.1) is 14.9 Å². The summed E-state index contributed by atoms with van der Waals surface area (Å²) in [5, 5.41) is 9.53. The number of halogens is 1. The molecule has 0 radical (unpaired) electrons. The van der Waals surface area contributed by atoms with Crippen LogP contribution in [-0.2, 0) is 7.05 Å². The highest BCUT2D eigenvalue weighted by Gasteiger charge is 2.27. The first-order chi connectivity index (χ1) is 10.6. The lowest BCUT2D eigenvalue weighted by molar-refractivity contribution is 0.0974. The first-order valence-electron chi connectivity index (χ1n) is 6.73. The predicted octanol–water partition coefficient (Wildman–Crippen LogP) is 3.67. The fourth-order valence-corrected chi connectivity index (χ4v) is 3.13. The number of benzene rings is 2. The molecule has 2 aromatic carbocycles. The van der Waals surface area contributed by atoms with Crippen molar-refractivity contribution >= 4 is 39.4 Å². The number of nitriles is 1. The largest absolute Gasteiger partial charge is 0.330 e. The second-order valence-corrected chi connectivity index (χ2v) is 6.09. The van der Waals surface area contributed by atoms with Crippen LogP contribution in [0.5, 0.6) is 0 Å². The Morgan fingerprint density at radius 2 is 1.91 bits per heavy atom. The highest BCUT2D eigenvalue weighted by Crippen LogP contribution is 2.25. The van der Waals surface area contributed by atoms with E-state index in [0.717, 1.165) is 14.6 Å². The van der Waals surface area contributed by atoms with Gasteiger partial charge in [0.15, 0.2) is 11.7 Å². The van der Waals surface area contributed by atoms with Crippen LogP contribution in [0.1, 0.15) is 22.1 Å². The van der Waals surface area contributed by atoms with E-state index in [1.165, 1.54) is 0 Å². The summed E-state index contributed by atoms with van der Waals surface area (Å²) in [6.07, 6.45) is 0. The van der Waals surface area contributed by atoms with Crippen molar-refractivity contribution in [3.05, 3.63) is 63.5 Å². The van der Waals surface area contributed by atoms with E-state index in [-0.39, 0.29) is 5.78 Å². The van der Waals surface area contributed by atoms with Gasteiger partial charge in [-0.05, 0) is 40.8 Å². The molecular weight excluding hydrogens is 389 g/mol. The lowest BCUT2D eigenvalue weighted by Gasteiger charge is -2.10. The van der Waals surface area contributed by atoms with Gasteiger partial charge in [0.05, 0.1) is 17.1 Å². The molecule has 108 valence electrons. The van der Waals surface area contributed by atoms with Crippen LogP contribution in [0.3, 0.4) is 0 Å². The molecule has 22 heavy (non-hydrogen) atoms. The molecule has 0 spiro atoms. The molecule has 0 aliphatic carbocycles. The van der Waals surface area contributed by atoms with E-state index >= 15 is 0 Å². The van der Waals surface area contributed by atoms with Crippen LogP contribution < -0.4 is 0 Å². The van der Waals surface area contributed by atoms with E-state index < -0.39 is 5.92 Å². The normalized spacial score (nSPS) is 12.0. The van der Waals surface area contributed by atoms with Crippen LogP contribution in [0.4, 0.5) is 0 Å². The summed E-state index contributed by atoms with van der Waals surface area (Å²) in [6, 6.07) is 17.0. The molecule has 1 heterocycles. The summed E-state index contributed by atoms with van der Waals surface area (Å²) in [5.74, 6) is -0.646. The van der Waals surface area contributed by atoms with E-state index in [1.807, 2.05) is 48.0 Å². The van der Waals surface area contributed by atoms with Gasteiger partial charge in [0.2, 0.25) is 0 Å².